The number of hydrogen-bond donors (Lipinski definition) is 1. The summed E-state index contributed by atoms with van der Waals surface area (Å²) < 4.78 is 0. The second-order valence-corrected chi connectivity index (χ2v) is 5.62. The summed E-state index contributed by atoms with van der Waals surface area (Å²) in [6, 6.07) is 0.380. The molecule has 1 aliphatic heterocycles. The summed E-state index contributed by atoms with van der Waals surface area (Å²) in [6.07, 6.45) is 2.29. The molecule has 0 spiro atoms. The van der Waals surface area contributed by atoms with E-state index in [9.17, 15) is 4.79 Å². The SMILES string of the molecule is CC(C)NCC(=O)N1CCC(CN(C)C)CC1. The average molecular weight is 241 g/mol. The fraction of sp³-hybridized carbons (Fsp3) is 0.923. The molecule has 1 heterocycles. The van der Waals surface area contributed by atoms with Crippen molar-refractivity contribution < 1.29 is 4.79 Å². The highest BCUT2D eigenvalue weighted by Crippen LogP contribution is 2.17. The van der Waals surface area contributed by atoms with E-state index in [2.05, 4.69) is 38.2 Å². The maximum absolute atomic E-state index is 11.9. The van der Waals surface area contributed by atoms with E-state index in [4.69, 9.17) is 0 Å². The second-order valence-electron chi connectivity index (χ2n) is 5.62. The fourth-order valence-electron chi connectivity index (χ4n) is 2.28. The number of amides is 1. The Labute approximate surface area is 105 Å². The lowest BCUT2D eigenvalue weighted by atomic mass is 9.96. The van der Waals surface area contributed by atoms with Gasteiger partial charge in [0, 0.05) is 25.7 Å². The maximum atomic E-state index is 11.9. The van der Waals surface area contributed by atoms with Crippen LogP contribution in [0.4, 0.5) is 0 Å². The molecule has 1 fully saturated rings. The molecule has 0 aromatic heterocycles. The molecule has 0 unspecified atom stereocenters. The van der Waals surface area contributed by atoms with Crippen LogP contribution >= 0.6 is 0 Å². The molecular weight excluding hydrogens is 214 g/mol. The van der Waals surface area contributed by atoms with E-state index in [1.165, 1.54) is 0 Å². The first-order chi connectivity index (χ1) is 7.99. The van der Waals surface area contributed by atoms with Crippen LogP contribution in [0.15, 0.2) is 0 Å². The summed E-state index contributed by atoms with van der Waals surface area (Å²) in [6.45, 7) is 7.61. The van der Waals surface area contributed by atoms with Gasteiger partial charge >= 0.3 is 0 Å². The van der Waals surface area contributed by atoms with Crippen LogP contribution in [0.1, 0.15) is 26.7 Å². The molecule has 1 aliphatic rings. The Morgan fingerprint density at radius 3 is 2.41 bits per heavy atom. The van der Waals surface area contributed by atoms with Gasteiger partial charge in [0.15, 0.2) is 0 Å². The molecule has 0 radical (unpaired) electrons. The van der Waals surface area contributed by atoms with Crippen LogP contribution in [0.25, 0.3) is 0 Å². The lowest BCUT2D eigenvalue weighted by Crippen LogP contribution is -2.45. The van der Waals surface area contributed by atoms with Gasteiger partial charge in [0.25, 0.3) is 0 Å². The van der Waals surface area contributed by atoms with Crippen LogP contribution in [0, 0.1) is 5.92 Å². The van der Waals surface area contributed by atoms with Gasteiger partial charge in [-0.3, -0.25) is 4.79 Å². The van der Waals surface area contributed by atoms with E-state index in [0.29, 0.717) is 12.6 Å². The average Bonchev–Trinajstić information content (AvgIpc) is 2.26. The predicted octanol–water partition coefficient (Wildman–Crippen LogP) is 0.785. The van der Waals surface area contributed by atoms with E-state index >= 15 is 0 Å². The number of carbonyl (C=O) groups excluding carboxylic acids is 1. The molecule has 17 heavy (non-hydrogen) atoms. The molecule has 1 N–H and O–H groups in total. The van der Waals surface area contributed by atoms with Crippen molar-refractivity contribution in [2.75, 3.05) is 40.3 Å². The Hall–Kier alpha value is -0.610. The molecule has 4 heteroatoms. The van der Waals surface area contributed by atoms with Crippen molar-refractivity contribution in [1.82, 2.24) is 15.1 Å². The highest BCUT2D eigenvalue weighted by atomic mass is 16.2. The highest BCUT2D eigenvalue weighted by molar-refractivity contribution is 5.78. The van der Waals surface area contributed by atoms with Crippen molar-refractivity contribution in [3.8, 4) is 0 Å². The molecule has 0 saturated carbocycles. The van der Waals surface area contributed by atoms with Gasteiger partial charge in [0.05, 0.1) is 6.54 Å². The van der Waals surface area contributed by atoms with Gasteiger partial charge < -0.3 is 15.1 Å². The molecule has 0 aliphatic carbocycles. The zero-order valence-corrected chi connectivity index (χ0v) is 11.7. The van der Waals surface area contributed by atoms with Crippen LogP contribution < -0.4 is 5.32 Å². The third-order valence-electron chi connectivity index (χ3n) is 3.25. The second kappa shape index (κ2) is 6.97. The van der Waals surface area contributed by atoms with Crippen LogP contribution in [0.5, 0.6) is 0 Å². The first-order valence-corrected chi connectivity index (χ1v) is 6.65. The summed E-state index contributed by atoms with van der Waals surface area (Å²) in [7, 11) is 4.23. The normalized spacial score (nSPS) is 18.1. The van der Waals surface area contributed by atoms with Gasteiger partial charge in [-0.15, -0.1) is 0 Å². The van der Waals surface area contributed by atoms with Gasteiger partial charge in [0.1, 0.15) is 0 Å². The number of nitrogens with zero attached hydrogens (tertiary/aromatic N) is 2. The third-order valence-corrected chi connectivity index (χ3v) is 3.25. The minimum Gasteiger partial charge on any atom is -0.342 e. The van der Waals surface area contributed by atoms with Gasteiger partial charge in [-0.2, -0.15) is 0 Å². The molecule has 0 aromatic carbocycles. The fourth-order valence-corrected chi connectivity index (χ4v) is 2.28. The first kappa shape index (κ1) is 14.5. The van der Waals surface area contributed by atoms with E-state index in [1.807, 2.05) is 4.90 Å². The minimum absolute atomic E-state index is 0.252. The van der Waals surface area contributed by atoms with Crippen molar-refractivity contribution in [3.05, 3.63) is 0 Å². The van der Waals surface area contributed by atoms with Crippen molar-refractivity contribution in [3.63, 3.8) is 0 Å². The van der Waals surface area contributed by atoms with Crippen molar-refractivity contribution in [1.29, 1.82) is 0 Å². The number of rotatable bonds is 5. The smallest absolute Gasteiger partial charge is 0.236 e. The topological polar surface area (TPSA) is 35.6 Å². The van der Waals surface area contributed by atoms with Gasteiger partial charge in [-0.25, -0.2) is 0 Å². The Kier molecular flexibility index (Phi) is 5.92. The Morgan fingerprint density at radius 2 is 1.94 bits per heavy atom. The molecule has 0 atom stereocenters. The van der Waals surface area contributed by atoms with Crippen molar-refractivity contribution >= 4 is 5.91 Å². The number of piperidine rings is 1. The van der Waals surface area contributed by atoms with Gasteiger partial charge in [0.2, 0.25) is 5.91 Å². The standard InChI is InChI=1S/C13H27N3O/c1-11(2)14-9-13(17)16-7-5-12(6-8-16)10-15(3)4/h11-12,14H,5-10H2,1-4H3. The van der Waals surface area contributed by atoms with E-state index in [1.54, 1.807) is 0 Å². The molecule has 4 nitrogen and oxygen atoms in total. The molecule has 0 bridgehead atoms. The van der Waals surface area contributed by atoms with Crippen molar-refractivity contribution in [2.45, 2.75) is 32.7 Å². The maximum Gasteiger partial charge on any atom is 0.236 e. The minimum atomic E-state index is 0.252. The zero-order valence-electron chi connectivity index (χ0n) is 11.7. The number of likely N-dealkylation sites (tertiary alicyclic amines) is 1. The lowest BCUT2D eigenvalue weighted by Gasteiger charge is -2.33. The number of hydrogen-bond acceptors (Lipinski definition) is 3. The monoisotopic (exact) mass is 241 g/mol. The largest absolute Gasteiger partial charge is 0.342 e. The number of nitrogens with one attached hydrogen (secondary N) is 1. The Bertz CT molecular complexity index is 233. The molecule has 1 amide bonds. The van der Waals surface area contributed by atoms with Crippen LogP contribution in [-0.4, -0.2) is 62.0 Å². The predicted molar refractivity (Wildman–Crippen MR) is 71.0 cm³/mol. The molecule has 1 saturated heterocycles. The first-order valence-electron chi connectivity index (χ1n) is 6.65. The lowest BCUT2D eigenvalue weighted by molar-refractivity contribution is -0.131. The summed E-state index contributed by atoms with van der Waals surface area (Å²) in [4.78, 5) is 16.1. The van der Waals surface area contributed by atoms with Gasteiger partial charge in [-0.05, 0) is 32.9 Å². The van der Waals surface area contributed by atoms with E-state index < -0.39 is 0 Å². The summed E-state index contributed by atoms with van der Waals surface area (Å²) >= 11 is 0. The van der Waals surface area contributed by atoms with E-state index in [0.717, 1.165) is 38.4 Å². The molecule has 0 aromatic rings. The van der Waals surface area contributed by atoms with Crippen LogP contribution in [-0.2, 0) is 4.79 Å². The molecule has 1 rings (SSSR count). The molecular formula is C13H27N3O. The highest BCUT2D eigenvalue weighted by Gasteiger charge is 2.22. The zero-order chi connectivity index (χ0) is 12.8. The Morgan fingerprint density at radius 1 is 1.35 bits per heavy atom. The quantitative estimate of drug-likeness (QED) is 0.773. The van der Waals surface area contributed by atoms with Crippen LogP contribution in [0.3, 0.4) is 0 Å². The van der Waals surface area contributed by atoms with E-state index in [-0.39, 0.29) is 5.91 Å². The third kappa shape index (κ3) is 5.50. The summed E-state index contributed by atoms with van der Waals surface area (Å²) in [5.74, 6) is 1.01. The molecule has 100 valence electrons. The summed E-state index contributed by atoms with van der Waals surface area (Å²) in [5, 5.41) is 3.19. The van der Waals surface area contributed by atoms with Crippen molar-refractivity contribution in [2.24, 2.45) is 5.92 Å². The van der Waals surface area contributed by atoms with Gasteiger partial charge in [-0.1, -0.05) is 13.8 Å². The van der Waals surface area contributed by atoms with Crippen LogP contribution in [0.2, 0.25) is 0 Å². The summed E-state index contributed by atoms with van der Waals surface area (Å²) in [5.41, 5.74) is 0. The Balaban J connectivity index is 2.24. The number of carbonyl (C=O) groups is 1.